The standard InChI is InChI=1S/C19H25N3OS.ClH/c1-14-8-10-22(11-9-14)17(18-3-2-12-24-18)13-21-19(23)15-4-6-16(20)7-5-15;/h2-7,12,14,17H,8-11,13,20H2,1H3,(H,21,23);1H. The molecule has 136 valence electrons. The third kappa shape index (κ3) is 5.21. The topological polar surface area (TPSA) is 58.4 Å². The fraction of sp³-hybridized carbons (Fsp3) is 0.421. The SMILES string of the molecule is CC1CCN(C(CNC(=O)c2ccc(N)cc2)c2cccs2)CC1.Cl. The zero-order valence-electron chi connectivity index (χ0n) is 14.5. The van der Waals surface area contributed by atoms with Crippen molar-refractivity contribution in [3.63, 3.8) is 0 Å². The van der Waals surface area contributed by atoms with E-state index in [9.17, 15) is 4.79 Å². The van der Waals surface area contributed by atoms with Gasteiger partial charge in [0.25, 0.3) is 5.91 Å². The van der Waals surface area contributed by atoms with Crippen molar-refractivity contribution in [1.29, 1.82) is 0 Å². The Hall–Kier alpha value is -1.56. The Balaban J connectivity index is 0.00000225. The molecule has 3 N–H and O–H groups in total. The van der Waals surface area contributed by atoms with Crippen molar-refractivity contribution >= 4 is 35.3 Å². The molecule has 1 fully saturated rings. The van der Waals surface area contributed by atoms with E-state index in [-0.39, 0.29) is 24.4 Å². The Kier molecular flexibility index (Phi) is 7.29. The predicted molar refractivity (Wildman–Crippen MR) is 107 cm³/mol. The minimum absolute atomic E-state index is 0. The van der Waals surface area contributed by atoms with Crippen LogP contribution in [0.2, 0.25) is 0 Å². The number of nitrogens with one attached hydrogen (secondary N) is 1. The first-order valence-corrected chi connectivity index (χ1v) is 9.42. The van der Waals surface area contributed by atoms with Crippen LogP contribution in [0.3, 0.4) is 0 Å². The second kappa shape index (κ2) is 9.22. The number of thiophene rings is 1. The highest BCUT2D eigenvalue weighted by atomic mass is 35.5. The molecule has 4 nitrogen and oxygen atoms in total. The Morgan fingerprint density at radius 1 is 1.28 bits per heavy atom. The molecule has 25 heavy (non-hydrogen) atoms. The van der Waals surface area contributed by atoms with Gasteiger partial charge in [-0.05, 0) is 67.6 Å². The second-order valence-electron chi connectivity index (χ2n) is 6.58. The minimum atomic E-state index is -0.0399. The van der Waals surface area contributed by atoms with E-state index in [1.54, 1.807) is 35.6 Å². The summed E-state index contributed by atoms with van der Waals surface area (Å²) in [4.78, 5) is 16.2. The Morgan fingerprint density at radius 2 is 1.96 bits per heavy atom. The highest BCUT2D eigenvalue weighted by Gasteiger charge is 2.25. The first-order chi connectivity index (χ1) is 11.6. The Labute approximate surface area is 159 Å². The number of halogens is 1. The van der Waals surface area contributed by atoms with E-state index in [0.717, 1.165) is 19.0 Å². The van der Waals surface area contributed by atoms with Gasteiger partial charge in [-0.2, -0.15) is 0 Å². The Bertz CT molecular complexity index is 652. The molecule has 2 aromatic rings. The number of hydrogen-bond acceptors (Lipinski definition) is 4. The van der Waals surface area contributed by atoms with Crippen LogP contribution in [0.15, 0.2) is 41.8 Å². The number of piperidine rings is 1. The van der Waals surface area contributed by atoms with E-state index in [0.29, 0.717) is 17.8 Å². The number of likely N-dealkylation sites (tertiary alicyclic amines) is 1. The molecule has 0 saturated carbocycles. The highest BCUT2D eigenvalue weighted by molar-refractivity contribution is 7.10. The van der Waals surface area contributed by atoms with E-state index >= 15 is 0 Å². The average molecular weight is 380 g/mol. The van der Waals surface area contributed by atoms with Gasteiger partial charge in [0.15, 0.2) is 0 Å². The van der Waals surface area contributed by atoms with Crippen molar-refractivity contribution in [2.75, 3.05) is 25.4 Å². The number of benzene rings is 1. The van der Waals surface area contributed by atoms with Gasteiger partial charge in [0.05, 0.1) is 6.04 Å². The number of rotatable bonds is 5. The molecular formula is C19H26ClN3OS. The zero-order valence-corrected chi connectivity index (χ0v) is 16.1. The summed E-state index contributed by atoms with van der Waals surface area (Å²) >= 11 is 1.77. The van der Waals surface area contributed by atoms with Crippen LogP contribution in [0.4, 0.5) is 5.69 Å². The molecule has 1 unspecified atom stereocenters. The van der Waals surface area contributed by atoms with Gasteiger partial charge < -0.3 is 11.1 Å². The molecule has 6 heteroatoms. The highest BCUT2D eigenvalue weighted by Crippen LogP contribution is 2.29. The van der Waals surface area contributed by atoms with Crippen LogP contribution >= 0.6 is 23.7 Å². The van der Waals surface area contributed by atoms with Crippen LogP contribution in [0, 0.1) is 5.92 Å². The molecule has 0 aliphatic carbocycles. The molecular weight excluding hydrogens is 354 g/mol. The largest absolute Gasteiger partial charge is 0.399 e. The van der Waals surface area contributed by atoms with Gasteiger partial charge in [-0.25, -0.2) is 0 Å². The zero-order chi connectivity index (χ0) is 16.9. The lowest BCUT2D eigenvalue weighted by Gasteiger charge is -2.36. The maximum absolute atomic E-state index is 12.4. The molecule has 1 amide bonds. The molecule has 3 rings (SSSR count). The number of carbonyl (C=O) groups is 1. The normalized spacial score (nSPS) is 16.8. The first-order valence-electron chi connectivity index (χ1n) is 8.54. The first kappa shape index (κ1) is 19.8. The summed E-state index contributed by atoms with van der Waals surface area (Å²) in [6.45, 7) is 5.15. The van der Waals surface area contributed by atoms with Gasteiger partial charge >= 0.3 is 0 Å². The number of carbonyl (C=O) groups excluding carboxylic acids is 1. The fourth-order valence-corrected chi connectivity index (χ4v) is 4.02. The minimum Gasteiger partial charge on any atom is -0.399 e. The monoisotopic (exact) mass is 379 g/mol. The van der Waals surface area contributed by atoms with Crippen molar-refractivity contribution in [1.82, 2.24) is 10.2 Å². The van der Waals surface area contributed by atoms with Crippen LogP contribution in [0.1, 0.15) is 41.0 Å². The van der Waals surface area contributed by atoms with Crippen molar-refractivity contribution in [3.8, 4) is 0 Å². The summed E-state index contributed by atoms with van der Waals surface area (Å²) in [5, 5.41) is 5.21. The van der Waals surface area contributed by atoms with Crippen molar-refractivity contribution in [2.24, 2.45) is 5.92 Å². The van der Waals surface area contributed by atoms with Crippen LogP contribution in [0.5, 0.6) is 0 Å². The number of nitrogens with two attached hydrogens (primary N) is 1. The molecule has 0 radical (unpaired) electrons. The molecule has 1 aromatic heterocycles. The summed E-state index contributed by atoms with van der Waals surface area (Å²) in [5.41, 5.74) is 7.01. The van der Waals surface area contributed by atoms with Crippen LogP contribution in [0.25, 0.3) is 0 Å². The Morgan fingerprint density at radius 3 is 2.56 bits per heavy atom. The molecule has 1 aliphatic heterocycles. The maximum Gasteiger partial charge on any atom is 0.251 e. The quantitative estimate of drug-likeness (QED) is 0.773. The summed E-state index contributed by atoms with van der Waals surface area (Å²) in [6, 6.07) is 11.6. The van der Waals surface area contributed by atoms with E-state index in [1.807, 2.05) is 0 Å². The smallest absolute Gasteiger partial charge is 0.251 e. The number of nitrogens with zero attached hydrogens (tertiary/aromatic N) is 1. The van der Waals surface area contributed by atoms with Gasteiger partial charge in [-0.15, -0.1) is 23.7 Å². The number of nitrogen functional groups attached to an aromatic ring is 1. The van der Waals surface area contributed by atoms with Crippen molar-refractivity contribution in [2.45, 2.75) is 25.8 Å². The molecule has 1 aliphatic rings. The third-order valence-electron chi connectivity index (χ3n) is 4.76. The summed E-state index contributed by atoms with van der Waals surface area (Å²) in [6.07, 6.45) is 2.46. The van der Waals surface area contributed by atoms with Gasteiger partial charge in [-0.3, -0.25) is 9.69 Å². The van der Waals surface area contributed by atoms with Crippen LogP contribution in [-0.4, -0.2) is 30.4 Å². The molecule has 1 saturated heterocycles. The lowest BCUT2D eigenvalue weighted by molar-refractivity contribution is 0.0915. The van der Waals surface area contributed by atoms with Gasteiger partial charge in [0.2, 0.25) is 0 Å². The summed E-state index contributed by atoms with van der Waals surface area (Å²) in [5.74, 6) is 0.761. The second-order valence-corrected chi connectivity index (χ2v) is 7.56. The lowest BCUT2D eigenvalue weighted by atomic mass is 9.97. The van der Waals surface area contributed by atoms with Crippen molar-refractivity contribution in [3.05, 3.63) is 52.2 Å². The number of anilines is 1. The van der Waals surface area contributed by atoms with E-state index in [1.165, 1.54) is 17.7 Å². The van der Waals surface area contributed by atoms with E-state index in [2.05, 4.69) is 34.7 Å². The van der Waals surface area contributed by atoms with E-state index in [4.69, 9.17) is 5.73 Å². The summed E-state index contributed by atoms with van der Waals surface area (Å²) < 4.78 is 0. The van der Waals surface area contributed by atoms with Crippen LogP contribution < -0.4 is 11.1 Å². The molecule has 1 atom stereocenters. The maximum atomic E-state index is 12.4. The number of amides is 1. The van der Waals surface area contributed by atoms with E-state index < -0.39 is 0 Å². The summed E-state index contributed by atoms with van der Waals surface area (Å²) in [7, 11) is 0. The van der Waals surface area contributed by atoms with Crippen LogP contribution in [-0.2, 0) is 0 Å². The molecule has 2 heterocycles. The third-order valence-corrected chi connectivity index (χ3v) is 5.73. The van der Waals surface area contributed by atoms with Gasteiger partial charge in [-0.1, -0.05) is 13.0 Å². The lowest BCUT2D eigenvalue weighted by Crippen LogP contribution is -2.41. The van der Waals surface area contributed by atoms with Gasteiger partial charge in [0, 0.05) is 22.7 Å². The van der Waals surface area contributed by atoms with Gasteiger partial charge in [0.1, 0.15) is 0 Å². The molecule has 1 aromatic carbocycles. The average Bonchev–Trinajstić information content (AvgIpc) is 3.11. The fourth-order valence-electron chi connectivity index (χ4n) is 3.16. The number of hydrogen-bond donors (Lipinski definition) is 2. The van der Waals surface area contributed by atoms with Crippen molar-refractivity contribution < 1.29 is 4.79 Å². The predicted octanol–water partition coefficient (Wildman–Crippen LogP) is 3.96. The molecule has 0 bridgehead atoms. The molecule has 0 spiro atoms.